The molecule has 0 rings (SSSR count). The zero-order valence-corrected chi connectivity index (χ0v) is 9.05. The summed E-state index contributed by atoms with van der Waals surface area (Å²) in [5.74, 6) is -0.703. The van der Waals surface area contributed by atoms with Crippen molar-refractivity contribution in [3.63, 3.8) is 0 Å². The minimum absolute atomic E-state index is 0.233. The van der Waals surface area contributed by atoms with Gasteiger partial charge in [0.1, 0.15) is 5.54 Å². The molecule has 0 aliphatic heterocycles. The molecule has 0 heterocycles. The maximum Gasteiger partial charge on any atom is 0.330 e. The molecular weight excluding hydrogens is 186 g/mol. The first-order valence-electron chi connectivity index (χ1n) is 4.32. The summed E-state index contributed by atoms with van der Waals surface area (Å²) in [6.45, 7) is 3.51. The van der Waals surface area contributed by atoms with Crippen LogP contribution in [0.1, 0.15) is 20.3 Å². The molecule has 0 bridgehead atoms. The highest BCUT2D eigenvalue weighted by molar-refractivity contribution is 5.87. The van der Waals surface area contributed by atoms with Gasteiger partial charge in [-0.3, -0.25) is 4.79 Å². The van der Waals surface area contributed by atoms with Crippen molar-refractivity contribution < 1.29 is 19.1 Å². The van der Waals surface area contributed by atoms with Gasteiger partial charge >= 0.3 is 5.97 Å². The summed E-state index contributed by atoms with van der Waals surface area (Å²) in [7, 11) is 2.80. The second-order valence-corrected chi connectivity index (χ2v) is 3.41. The highest BCUT2D eigenvalue weighted by Gasteiger charge is 2.29. The predicted octanol–water partition coefficient (Wildman–Crippen LogP) is 0.0907. The normalized spacial score (nSPS) is 10.9. The molecule has 14 heavy (non-hydrogen) atoms. The van der Waals surface area contributed by atoms with Gasteiger partial charge in [-0.25, -0.2) is 4.79 Å². The van der Waals surface area contributed by atoms with E-state index in [-0.39, 0.29) is 12.3 Å². The van der Waals surface area contributed by atoms with E-state index in [0.29, 0.717) is 6.61 Å². The van der Waals surface area contributed by atoms with E-state index >= 15 is 0 Å². The lowest BCUT2D eigenvalue weighted by molar-refractivity contribution is -0.149. The van der Waals surface area contributed by atoms with Crippen LogP contribution in [0.5, 0.6) is 0 Å². The Bertz CT molecular complexity index is 213. The maximum atomic E-state index is 11.2. The van der Waals surface area contributed by atoms with Crippen LogP contribution in [0.4, 0.5) is 0 Å². The van der Waals surface area contributed by atoms with Crippen molar-refractivity contribution in [3.05, 3.63) is 0 Å². The summed E-state index contributed by atoms with van der Waals surface area (Å²) < 4.78 is 9.27. The third-order valence-electron chi connectivity index (χ3n) is 1.68. The number of hydrogen-bond acceptors (Lipinski definition) is 4. The van der Waals surface area contributed by atoms with Crippen molar-refractivity contribution in [2.24, 2.45) is 0 Å². The van der Waals surface area contributed by atoms with Crippen LogP contribution in [0.25, 0.3) is 0 Å². The molecule has 0 fully saturated rings. The van der Waals surface area contributed by atoms with Gasteiger partial charge in [-0.2, -0.15) is 0 Å². The molecule has 0 aromatic rings. The lowest BCUT2D eigenvalue weighted by atomic mass is 10.1. The van der Waals surface area contributed by atoms with Gasteiger partial charge in [-0.05, 0) is 13.8 Å². The third kappa shape index (κ3) is 4.23. The molecule has 0 saturated heterocycles. The molecular formula is C9H17NO4. The molecule has 1 amide bonds. The van der Waals surface area contributed by atoms with Crippen LogP contribution in [0.2, 0.25) is 0 Å². The zero-order valence-electron chi connectivity index (χ0n) is 9.05. The van der Waals surface area contributed by atoms with E-state index in [9.17, 15) is 9.59 Å². The predicted molar refractivity (Wildman–Crippen MR) is 50.7 cm³/mol. The molecule has 0 aliphatic carbocycles. The number of nitrogens with one attached hydrogen (secondary N) is 1. The lowest BCUT2D eigenvalue weighted by Gasteiger charge is -2.22. The van der Waals surface area contributed by atoms with E-state index in [0.717, 1.165) is 0 Å². The Labute approximate surface area is 83.8 Å². The monoisotopic (exact) mass is 203 g/mol. The van der Waals surface area contributed by atoms with Crippen LogP contribution in [-0.4, -0.2) is 38.2 Å². The van der Waals surface area contributed by atoms with Crippen LogP contribution in [-0.2, 0) is 19.1 Å². The van der Waals surface area contributed by atoms with Crippen molar-refractivity contribution in [1.82, 2.24) is 5.32 Å². The van der Waals surface area contributed by atoms with Gasteiger partial charge in [0, 0.05) is 13.5 Å². The van der Waals surface area contributed by atoms with Gasteiger partial charge in [-0.15, -0.1) is 0 Å². The molecule has 5 heteroatoms. The summed E-state index contributed by atoms with van der Waals surface area (Å²) in [6.07, 6.45) is 0.233. The summed E-state index contributed by atoms with van der Waals surface area (Å²) in [5.41, 5.74) is -0.987. The van der Waals surface area contributed by atoms with Crippen molar-refractivity contribution in [2.45, 2.75) is 25.8 Å². The van der Waals surface area contributed by atoms with E-state index < -0.39 is 11.5 Å². The van der Waals surface area contributed by atoms with Crippen molar-refractivity contribution in [2.75, 3.05) is 20.8 Å². The molecule has 0 spiro atoms. The SMILES string of the molecule is COCCC(=O)NC(C)(C)C(=O)OC. The number of ether oxygens (including phenoxy) is 2. The molecule has 0 atom stereocenters. The Balaban J connectivity index is 4.08. The van der Waals surface area contributed by atoms with Crippen molar-refractivity contribution in [3.8, 4) is 0 Å². The second kappa shape index (κ2) is 5.59. The number of rotatable bonds is 5. The average Bonchev–Trinajstić information content (AvgIpc) is 2.12. The van der Waals surface area contributed by atoms with E-state index in [1.165, 1.54) is 14.2 Å². The Hall–Kier alpha value is -1.10. The quantitative estimate of drug-likeness (QED) is 0.643. The van der Waals surface area contributed by atoms with Gasteiger partial charge in [-0.1, -0.05) is 0 Å². The average molecular weight is 203 g/mol. The topological polar surface area (TPSA) is 64.6 Å². The second-order valence-electron chi connectivity index (χ2n) is 3.41. The maximum absolute atomic E-state index is 11.2. The van der Waals surface area contributed by atoms with Crippen molar-refractivity contribution in [1.29, 1.82) is 0 Å². The van der Waals surface area contributed by atoms with Gasteiger partial charge in [0.05, 0.1) is 13.7 Å². The molecule has 0 aromatic carbocycles. The first-order chi connectivity index (χ1) is 6.44. The molecule has 1 N–H and O–H groups in total. The summed E-state index contributed by atoms with van der Waals surface area (Å²) in [6, 6.07) is 0. The standard InChI is InChI=1S/C9H17NO4/c1-9(2,8(12)14-4)10-7(11)5-6-13-3/h5-6H2,1-4H3,(H,10,11). The van der Waals surface area contributed by atoms with Crippen LogP contribution in [0.15, 0.2) is 0 Å². The first kappa shape index (κ1) is 12.9. The van der Waals surface area contributed by atoms with E-state index in [2.05, 4.69) is 10.1 Å². The van der Waals surface area contributed by atoms with Crippen LogP contribution in [0, 0.1) is 0 Å². The number of esters is 1. The molecule has 0 aromatic heterocycles. The molecule has 0 radical (unpaired) electrons. The molecule has 5 nitrogen and oxygen atoms in total. The number of carbonyl (C=O) groups excluding carboxylic acids is 2. The Morgan fingerprint density at radius 2 is 1.86 bits per heavy atom. The Kier molecular flexibility index (Phi) is 5.15. The van der Waals surface area contributed by atoms with Crippen LogP contribution >= 0.6 is 0 Å². The highest BCUT2D eigenvalue weighted by Crippen LogP contribution is 2.04. The molecule has 0 unspecified atom stereocenters. The fourth-order valence-corrected chi connectivity index (χ4v) is 0.912. The largest absolute Gasteiger partial charge is 0.467 e. The first-order valence-corrected chi connectivity index (χ1v) is 4.32. The Morgan fingerprint density at radius 3 is 2.29 bits per heavy atom. The number of hydrogen-bond donors (Lipinski definition) is 1. The number of carbonyl (C=O) groups is 2. The number of amides is 1. The van der Waals surface area contributed by atoms with E-state index in [1.807, 2.05) is 0 Å². The summed E-state index contributed by atoms with van der Waals surface area (Å²) in [4.78, 5) is 22.4. The fraction of sp³-hybridized carbons (Fsp3) is 0.778. The minimum Gasteiger partial charge on any atom is -0.467 e. The minimum atomic E-state index is -0.987. The van der Waals surface area contributed by atoms with Gasteiger partial charge < -0.3 is 14.8 Å². The highest BCUT2D eigenvalue weighted by atomic mass is 16.5. The smallest absolute Gasteiger partial charge is 0.330 e. The summed E-state index contributed by atoms with van der Waals surface area (Å²) >= 11 is 0. The van der Waals surface area contributed by atoms with E-state index in [4.69, 9.17) is 4.74 Å². The summed E-state index contributed by atoms with van der Waals surface area (Å²) in [5, 5.41) is 2.55. The van der Waals surface area contributed by atoms with Gasteiger partial charge in [0.15, 0.2) is 0 Å². The fourth-order valence-electron chi connectivity index (χ4n) is 0.912. The molecule has 0 aliphatic rings. The van der Waals surface area contributed by atoms with Gasteiger partial charge in [0.25, 0.3) is 0 Å². The molecule has 0 saturated carbocycles. The Morgan fingerprint density at radius 1 is 1.29 bits per heavy atom. The van der Waals surface area contributed by atoms with Gasteiger partial charge in [0.2, 0.25) is 5.91 Å². The van der Waals surface area contributed by atoms with Crippen LogP contribution in [0.3, 0.4) is 0 Å². The third-order valence-corrected chi connectivity index (χ3v) is 1.68. The lowest BCUT2D eigenvalue weighted by Crippen LogP contribution is -2.50. The van der Waals surface area contributed by atoms with E-state index in [1.54, 1.807) is 13.8 Å². The molecule has 82 valence electrons. The number of methoxy groups -OCH3 is 2. The van der Waals surface area contributed by atoms with Crippen molar-refractivity contribution >= 4 is 11.9 Å². The zero-order chi connectivity index (χ0) is 11.2. The van der Waals surface area contributed by atoms with Crippen LogP contribution < -0.4 is 5.32 Å².